The van der Waals surface area contributed by atoms with Gasteiger partial charge in [0.1, 0.15) is 5.75 Å². The number of rotatable bonds is 7. The molecule has 0 bridgehead atoms. The molecule has 0 aliphatic heterocycles. The van der Waals surface area contributed by atoms with Crippen LogP contribution < -0.4 is 10.1 Å². The predicted molar refractivity (Wildman–Crippen MR) is 98.0 cm³/mol. The lowest BCUT2D eigenvalue weighted by atomic mass is 10.1. The van der Waals surface area contributed by atoms with E-state index in [9.17, 15) is 4.79 Å². The van der Waals surface area contributed by atoms with E-state index in [2.05, 4.69) is 21.2 Å². The molecule has 128 valence electrons. The first-order valence-corrected chi connectivity index (χ1v) is 8.56. The number of hydrogen-bond acceptors (Lipinski definition) is 3. The Labute approximate surface area is 151 Å². The minimum Gasteiger partial charge on any atom is -0.480 e. The summed E-state index contributed by atoms with van der Waals surface area (Å²) >= 11 is 3.45. The number of aryl methyl sites for hydroxylation is 1. The Morgan fingerprint density at radius 2 is 1.83 bits per heavy atom. The summed E-state index contributed by atoms with van der Waals surface area (Å²) in [4.78, 5) is 12.2. The van der Waals surface area contributed by atoms with E-state index in [1.807, 2.05) is 49.4 Å². The van der Waals surface area contributed by atoms with Gasteiger partial charge >= 0.3 is 0 Å². The molecule has 2 aromatic carbocycles. The van der Waals surface area contributed by atoms with Gasteiger partial charge in [-0.3, -0.25) is 4.79 Å². The SMILES string of the molecule is COCc1ccc(CNC(=O)[C@@H](C)Oc2ccc(C)cc2Br)cc1. The molecule has 2 rings (SSSR count). The Morgan fingerprint density at radius 3 is 2.46 bits per heavy atom. The van der Waals surface area contributed by atoms with Gasteiger partial charge in [0, 0.05) is 13.7 Å². The number of halogens is 1. The zero-order valence-electron chi connectivity index (χ0n) is 14.1. The summed E-state index contributed by atoms with van der Waals surface area (Å²) in [5, 5.41) is 2.89. The molecule has 1 N–H and O–H groups in total. The quantitative estimate of drug-likeness (QED) is 0.775. The molecule has 0 radical (unpaired) electrons. The van der Waals surface area contributed by atoms with Crippen LogP contribution in [0.3, 0.4) is 0 Å². The van der Waals surface area contributed by atoms with Gasteiger partial charge in [-0.1, -0.05) is 30.3 Å². The van der Waals surface area contributed by atoms with Crippen molar-refractivity contribution < 1.29 is 14.3 Å². The lowest BCUT2D eigenvalue weighted by Crippen LogP contribution is -2.35. The van der Waals surface area contributed by atoms with Gasteiger partial charge in [-0.25, -0.2) is 0 Å². The Kier molecular flexibility index (Phi) is 6.82. The molecule has 2 aromatic rings. The van der Waals surface area contributed by atoms with Crippen molar-refractivity contribution in [1.82, 2.24) is 5.32 Å². The average Bonchev–Trinajstić information content (AvgIpc) is 2.56. The Hall–Kier alpha value is -1.85. The molecule has 0 heterocycles. The third kappa shape index (κ3) is 5.35. The number of carbonyl (C=O) groups excluding carboxylic acids is 1. The average molecular weight is 392 g/mol. The number of benzene rings is 2. The van der Waals surface area contributed by atoms with E-state index < -0.39 is 6.10 Å². The summed E-state index contributed by atoms with van der Waals surface area (Å²) in [5.74, 6) is 0.510. The summed E-state index contributed by atoms with van der Waals surface area (Å²) in [5.41, 5.74) is 3.27. The normalized spacial score (nSPS) is 11.8. The minimum absolute atomic E-state index is 0.150. The van der Waals surface area contributed by atoms with Crippen molar-refractivity contribution in [2.45, 2.75) is 33.1 Å². The smallest absolute Gasteiger partial charge is 0.261 e. The molecule has 24 heavy (non-hydrogen) atoms. The molecule has 1 atom stereocenters. The molecule has 5 heteroatoms. The molecule has 0 spiro atoms. The lowest BCUT2D eigenvalue weighted by Gasteiger charge is -2.16. The van der Waals surface area contributed by atoms with Gasteiger partial charge in [0.15, 0.2) is 6.10 Å². The molecule has 0 aromatic heterocycles. The Bertz CT molecular complexity index is 686. The summed E-state index contributed by atoms with van der Waals surface area (Å²) in [6.07, 6.45) is -0.572. The van der Waals surface area contributed by atoms with Crippen molar-refractivity contribution in [1.29, 1.82) is 0 Å². The summed E-state index contributed by atoms with van der Waals surface area (Å²) in [6, 6.07) is 13.7. The Morgan fingerprint density at radius 1 is 1.17 bits per heavy atom. The molecular weight excluding hydrogens is 370 g/mol. The van der Waals surface area contributed by atoms with Crippen molar-refractivity contribution in [3.8, 4) is 5.75 Å². The van der Waals surface area contributed by atoms with E-state index in [0.29, 0.717) is 18.9 Å². The maximum atomic E-state index is 12.2. The van der Waals surface area contributed by atoms with Crippen LogP contribution in [-0.2, 0) is 22.7 Å². The van der Waals surface area contributed by atoms with Crippen molar-refractivity contribution in [2.24, 2.45) is 0 Å². The summed E-state index contributed by atoms with van der Waals surface area (Å²) in [7, 11) is 1.67. The second kappa shape index (κ2) is 8.85. The minimum atomic E-state index is -0.572. The topological polar surface area (TPSA) is 47.6 Å². The highest BCUT2D eigenvalue weighted by molar-refractivity contribution is 9.10. The third-order valence-corrected chi connectivity index (χ3v) is 4.18. The van der Waals surface area contributed by atoms with Crippen LogP contribution in [0.15, 0.2) is 46.9 Å². The standard InChI is InChI=1S/C19H22BrNO3/c1-13-4-9-18(17(20)10-13)24-14(2)19(22)21-11-15-5-7-16(8-6-15)12-23-3/h4-10,14H,11-12H2,1-3H3,(H,21,22)/t14-/m1/s1. The van der Waals surface area contributed by atoms with Gasteiger partial charge in [-0.15, -0.1) is 0 Å². The van der Waals surface area contributed by atoms with Crippen LogP contribution >= 0.6 is 15.9 Å². The van der Waals surface area contributed by atoms with E-state index >= 15 is 0 Å². The molecule has 4 nitrogen and oxygen atoms in total. The van der Waals surface area contributed by atoms with E-state index in [4.69, 9.17) is 9.47 Å². The molecule has 0 aliphatic rings. The van der Waals surface area contributed by atoms with E-state index in [-0.39, 0.29) is 5.91 Å². The zero-order chi connectivity index (χ0) is 17.5. The van der Waals surface area contributed by atoms with Crippen LogP contribution in [0, 0.1) is 6.92 Å². The fraction of sp³-hybridized carbons (Fsp3) is 0.316. The first kappa shape index (κ1) is 18.5. The van der Waals surface area contributed by atoms with Crippen LogP contribution in [-0.4, -0.2) is 19.1 Å². The first-order valence-electron chi connectivity index (χ1n) is 7.77. The molecule has 0 aliphatic carbocycles. The van der Waals surface area contributed by atoms with Gasteiger partial charge in [-0.2, -0.15) is 0 Å². The van der Waals surface area contributed by atoms with Gasteiger partial charge in [0.25, 0.3) is 5.91 Å². The number of carbonyl (C=O) groups is 1. The molecule has 1 amide bonds. The van der Waals surface area contributed by atoms with Crippen LogP contribution in [0.1, 0.15) is 23.6 Å². The lowest BCUT2D eigenvalue weighted by molar-refractivity contribution is -0.127. The monoisotopic (exact) mass is 391 g/mol. The number of ether oxygens (including phenoxy) is 2. The highest BCUT2D eigenvalue weighted by atomic mass is 79.9. The number of hydrogen-bond donors (Lipinski definition) is 1. The summed E-state index contributed by atoms with van der Waals surface area (Å²) in [6.45, 7) is 4.80. The highest BCUT2D eigenvalue weighted by Gasteiger charge is 2.15. The molecule has 0 fully saturated rings. The van der Waals surface area contributed by atoms with Crippen molar-refractivity contribution in [3.63, 3.8) is 0 Å². The predicted octanol–water partition coefficient (Wildman–Crippen LogP) is 3.99. The maximum Gasteiger partial charge on any atom is 0.261 e. The van der Waals surface area contributed by atoms with Crippen LogP contribution in [0.2, 0.25) is 0 Å². The largest absolute Gasteiger partial charge is 0.480 e. The molecule has 0 saturated heterocycles. The molecular formula is C19H22BrNO3. The second-order valence-corrected chi connectivity index (χ2v) is 6.52. The number of nitrogens with one attached hydrogen (secondary N) is 1. The third-order valence-electron chi connectivity index (χ3n) is 3.56. The Balaban J connectivity index is 1.87. The van der Waals surface area contributed by atoms with Crippen LogP contribution in [0.5, 0.6) is 5.75 Å². The van der Waals surface area contributed by atoms with E-state index in [1.165, 1.54) is 0 Å². The molecule has 0 saturated carbocycles. The van der Waals surface area contributed by atoms with Gasteiger partial charge in [-0.05, 0) is 58.6 Å². The van der Waals surface area contributed by atoms with Crippen molar-refractivity contribution in [2.75, 3.05) is 7.11 Å². The van der Waals surface area contributed by atoms with Crippen LogP contribution in [0.4, 0.5) is 0 Å². The molecule has 0 unspecified atom stereocenters. The van der Waals surface area contributed by atoms with Gasteiger partial charge < -0.3 is 14.8 Å². The zero-order valence-corrected chi connectivity index (χ0v) is 15.7. The second-order valence-electron chi connectivity index (χ2n) is 5.66. The maximum absolute atomic E-state index is 12.2. The fourth-order valence-corrected chi connectivity index (χ4v) is 2.79. The van der Waals surface area contributed by atoms with Crippen molar-refractivity contribution in [3.05, 3.63) is 63.6 Å². The van der Waals surface area contributed by atoms with E-state index in [0.717, 1.165) is 21.2 Å². The fourth-order valence-electron chi connectivity index (χ4n) is 2.20. The highest BCUT2D eigenvalue weighted by Crippen LogP contribution is 2.26. The van der Waals surface area contributed by atoms with Crippen LogP contribution in [0.25, 0.3) is 0 Å². The number of amides is 1. The first-order chi connectivity index (χ1) is 11.5. The van der Waals surface area contributed by atoms with Crippen molar-refractivity contribution >= 4 is 21.8 Å². The summed E-state index contributed by atoms with van der Waals surface area (Å²) < 4.78 is 11.7. The van der Waals surface area contributed by atoms with Gasteiger partial charge in [0.05, 0.1) is 11.1 Å². The van der Waals surface area contributed by atoms with E-state index in [1.54, 1.807) is 14.0 Å². The number of methoxy groups -OCH3 is 1. The van der Waals surface area contributed by atoms with Gasteiger partial charge in [0.2, 0.25) is 0 Å².